The molecule has 0 aliphatic carbocycles. The smallest absolute Gasteiger partial charge is 0.339 e. The highest BCUT2D eigenvalue weighted by Crippen LogP contribution is 2.28. The Morgan fingerprint density at radius 2 is 2.00 bits per heavy atom. The van der Waals surface area contributed by atoms with Crippen molar-refractivity contribution in [3.8, 4) is 11.5 Å². The van der Waals surface area contributed by atoms with E-state index in [0.29, 0.717) is 16.7 Å². The monoisotopic (exact) mass is 273 g/mol. The number of pyridine rings is 1. The number of fused-ring (bicyclic) bond motifs is 3. The molecule has 0 unspecified atom stereocenters. The fraction of sp³-hybridized carbons (Fsp3) is 0.143. The number of hydrogen-bond donors (Lipinski definition) is 1. The lowest BCUT2D eigenvalue weighted by molar-refractivity contribution is 0.415. The van der Waals surface area contributed by atoms with E-state index < -0.39 is 11.2 Å². The van der Waals surface area contributed by atoms with Gasteiger partial charge in [0, 0.05) is 12.4 Å². The number of hydrogen-bond acceptors (Lipinski definition) is 5. The van der Waals surface area contributed by atoms with E-state index in [9.17, 15) is 14.7 Å². The Bertz CT molecular complexity index is 952. The van der Waals surface area contributed by atoms with Gasteiger partial charge in [-0.25, -0.2) is 4.79 Å². The molecule has 0 bridgehead atoms. The molecule has 0 atom stereocenters. The molecule has 6 heteroatoms. The molecule has 3 aromatic rings. The van der Waals surface area contributed by atoms with Gasteiger partial charge in [-0.2, -0.15) is 0 Å². The van der Waals surface area contributed by atoms with Crippen LogP contribution < -0.4 is 15.9 Å². The number of aromatic nitrogens is 1. The summed E-state index contributed by atoms with van der Waals surface area (Å²) in [6.45, 7) is 0. The minimum absolute atomic E-state index is 0.0205. The summed E-state index contributed by atoms with van der Waals surface area (Å²) >= 11 is 0. The Hall–Kier alpha value is -2.76. The van der Waals surface area contributed by atoms with Gasteiger partial charge in [-0.1, -0.05) is 0 Å². The van der Waals surface area contributed by atoms with Gasteiger partial charge in [-0.05, 0) is 18.2 Å². The van der Waals surface area contributed by atoms with Gasteiger partial charge in [-0.3, -0.25) is 4.79 Å². The van der Waals surface area contributed by atoms with E-state index in [0.717, 1.165) is 6.07 Å². The molecule has 0 saturated heterocycles. The van der Waals surface area contributed by atoms with E-state index >= 15 is 0 Å². The fourth-order valence-electron chi connectivity index (χ4n) is 2.27. The molecule has 1 aromatic carbocycles. The van der Waals surface area contributed by atoms with Crippen molar-refractivity contribution in [3.05, 3.63) is 45.0 Å². The average molecular weight is 273 g/mol. The summed E-state index contributed by atoms with van der Waals surface area (Å²) in [5.74, 6) is 0.171. The summed E-state index contributed by atoms with van der Waals surface area (Å²) in [5.41, 5.74) is -0.504. The number of ether oxygens (including phenoxy) is 1. The predicted molar refractivity (Wildman–Crippen MR) is 73.4 cm³/mol. The van der Waals surface area contributed by atoms with Crippen molar-refractivity contribution in [2.45, 2.75) is 0 Å². The van der Waals surface area contributed by atoms with Crippen LogP contribution in [0.5, 0.6) is 11.5 Å². The van der Waals surface area contributed by atoms with Gasteiger partial charge in [0.1, 0.15) is 16.9 Å². The summed E-state index contributed by atoms with van der Waals surface area (Å²) in [6, 6.07) is 5.93. The summed E-state index contributed by atoms with van der Waals surface area (Å²) in [5, 5.41) is 10.3. The van der Waals surface area contributed by atoms with Crippen LogP contribution in [-0.2, 0) is 7.05 Å². The van der Waals surface area contributed by atoms with E-state index in [1.807, 2.05) is 0 Å². The first kappa shape index (κ1) is 12.3. The van der Waals surface area contributed by atoms with Crippen LogP contribution >= 0.6 is 0 Å². The standard InChI is InChI=1S/C14H11NO5/c1-15-9-4-3-7(19-2)5-8(9)13-12(14(15)18)10(16)6-11(17)20-13/h3-6,16H,1-2H3. The van der Waals surface area contributed by atoms with Crippen LogP contribution in [0, 0.1) is 0 Å². The molecule has 2 heterocycles. The van der Waals surface area contributed by atoms with Crippen LogP contribution in [0.3, 0.4) is 0 Å². The van der Waals surface area contributed by atoms with Crippen molar-refractivity contribution < 1.29 is 14.3 Å². The van der Waals surface area contributed by atoms with Crippen LogP contribution in [0.1, 0.15) is 0 Å². The largest absolute Gasteiger partial charge is 0.507 e. The average Bonchev–Trinajstić information content (AvgIpc) is 2.43. The quantitative estimate of drug-likeness (QED) is 0.677. The molecule has 3 rings (SSSR count). The van der Waals surface area contributed by atoms with Crippen molar-refractivity contribution in [1.29, 1.82) is 0 Å². The lowest BCUT2D eigenvalue weighted by atomic mass is 10.1. The maximum Gasteiger partial charge on any atom is 0.339 e. The molecule has 0 aliphatic rings. The molecule has 20 heavy (non-hydrogen) atoms. The summed E-state index contributed by atoms with van der Waals surface area (Å²) in [6.07, 6.45) is 0. The molecule has 0 radical (unpaired) electrons. The SMILES string of the molecule is COc1ccc2c(c1)c1oc(=O)cc(O)c1c(=O)n2C. The first-order valence-electron chi connectivity index (χ1n) is 5.86. The van der Waals surface area contributed by atoms with Gasteiger partial charge >= 0.3 is 5.63 Å². The Balaban J connectivity index is 2.69. The third-order valence-electron chi connectivity index (χ3n) is 3.27. The summed E-state index contributed by atoms with van der Waals surface area (Å²) < 4.78 is 11.6. The third-order valence-corrected chi connectivity index (χ3v) is 3.27. The van der Waals surface area contributed by atoms with Gasteiger partial charge in [0.2, 0.25) is 0 Å². The Morgan fingerprint density at radius 1 is 1.25 bits per heavy atom. The lowest BCUT2D eigenvalue weighted by Crippen LogP contribution is -2.18. The molecular weight excluding hydrogens is 262 g/mol. The lowest BCUT2D eigenvalue weighted by Gasteiger charge is -2.09. The highest BCUT2D eigenvalue weighted by atomic mass is 16.5. The molecule has 0 saturated carbocycles. The zero-order valence-electron chi connectivity index (χ0n) is 10.8. The van der Waals surface area contributed by atoms with Crippen molar-refractivity contribution in [3.63, 3.8) is 0 Å². The molecule has 0 spiro atoms. The number of nitrogens with zero attached hydrogens (tertiary/aromatic N) is 1. The Labute approximate surface area is 112 Å². The number of aryl methyl sites for hydroxylation is 1. The maximum atomic E-state index is 12.2. The molecule has 0 aliphatic heterocycles. The second kappa shape index (κ2) is 4.12. The minimum atomic E-state index is -0.715. The summed E-state index contributed by atoms with van der Waals surface area (Å²) in [4.78, 5) is 23.7. The maximum absolute atomic E-state index is 12.2. The molecule has 2 aromatic heterocycles. The molecule has 0 fully saturated rings. The zero-order valence-corrected chi connectivity index (χ0v) is 10.8. The molecule has 1 N–H and O–H groups in total. The normalized spacial score (nSPS) is 11.1. The van der Waals surface area contributed by atoms with E-state index in [-0.39, 0.29) is 16.7 Å². The third kappa shape index (κ3) is 1.58. The minimum Gasteiger partial charge on any atom is -0.507 e. The van der Waals surface area contributed by atoms with E-state index in [4.69, 9.17) is 9.15 Å². The van der Waals surface area contributed by atoms with E-state index in [1.54, 1.807) is 25.2 Å². The van der Waals surface area contributed by atoms with Gasteiger partial charge in [0.05, 0.1) is 18.7 Å². The van der Waals surface area contributed by atoms with E-state index in [2.05, 4.69) is 0 Å². The van der Waals surface area contributed by atoms with Crippen LogP contribution in [0.4, 0.5) is 0 Å². The fourth-order valence-corrected chi connectivity index (χ4v) is 2.27. The second-order valence-corrected chi connectivity index (χ2v) is 4.40. The molecular formula is C14H11NO5. The number of rotatable bonds is 1. The molecule has 0 amide bonds. The predicted octanol–water partition coefficient (Wildman–Crippen LogP) is 1.36. The first-order valence-corrected chi connectivity index (χ1v) is 5.86. The molecule has 102 valence electrons. The zero-order chi connectivity index (χ0) is 14.4. The van der Waals surface area contributed by atoms with Gasteiger partial charge in [0.25, 0.3) is 5.56 Å². The number of benzene rings is 1. The van der Waals surface area contributed by atoms with Crippen molar-refractivity contribution in [2.75, 3.05) is 7.11 Å². The second-order valence-electron chi connectivity index (χ2n) is 4.40. The van der Waals surface area contributed by atoms with Gasteiger partial charge < -0.3 is 18.8 Å². The highest BCUT2D eigenvalue weighted by Gasteiger charge is 2.15. The Kier molecular flexibility index (Phi) is 2.53. The van der Waals surface area contributed by atoms with Crippen molar-refractivity contribution in [1.82, 2.24) is 4.57 Å². The first-order chi connectivity index (χ1) is 9.52. The highest BCUT2D eigenvalue weighted by molar-refractivity contribution is 6.04. The molecule has 6 nitrogen and oxygen atoms in total. The van der Waals surface area contributed by atoms with Crippen molar-refractivity contribution in [2.24, 2.45) is 7.05 Å². The van der Waals surface area contributed by atoms with E-state index in [1.165, 1.54) is 11.7 Å². The number of methoxy groups -OCH3 is 1. The van der Waals surface area contributed by atoms with Crippen LogP contribution in [-0.4, -0.2) is 16.8 Å². The topological polar surface area (TPSA) is 81.7 Å². The summed E-state index contributed by atoms with van der Waals surface area (Å²) in [7, 11) is 3.10. The van der Waals surface area contributed by atoms with Gasteiger partial charge in [-0.15, -0.1) is 0 Å². The van der Waals surface area contributed by atoms with Crippen molar-refractivity contribution >= 4 is 21.9 Å². The van der Waals surface area contributed by atoms with Crippen LogP contribution in [0.2, 0.25) is 0 Å². The van der Waals surface area contributed by atoms with Crippen LogP contribution in [0.15, 0.2) is 38.3 Å². The van der Waals surface area contributed by atoms with Crippen LogP contribution in [0.25, 0.3) is 21.9 Å². The number of aromatic hydroxyl groups is 1. The van der Waals surface area contributed by atoms with Gasteiger partial charge in [0.15, 0.2) is 5.58 Å². The Morgan fingerprint density at radius 3 is 2.70 bits per heavy atom.